The molecule has 0 aliphatic rings. The van der Waals surface area contributed by atoms with Gasteiger partial charge < -0.3 is 5.73 Å². The first-order valence-corrected chi connectivity index (χ1v) is 6.04. The van der Waals surface area contributed by atoms with E-state index in [-0.39, 0.29) is 0 Å². The fraction of sp³-hybridized carbons (Fsp3) is 0.267. The van der Waals surface area contributed by atoms with Gasteiger partial charge in [0, 0.05) is 13.0 Å². The highest BCUT2D eigenvalue weighted by atomic mass is 15.3. The molecule has 2 rings (SSSR count). The second kappa shape index (κ2) is 5.52. The maximum absolute atomic E-state index is 5.44. The van der Waals surface area contributed by atoms with Crippen LogP contribution in [0, 0.1) is 25.7 Å². The Morgan fingerprint density at radius 2 is 1.94 bits per heavy atom. The number of para-hydroxylation sites is 1. The summed E-state index contributed by atoms with van der Waals surface area (Å²) in [4.78, 5) is 0. The van der Waals surface area contributed by atoms with Crippen LogP contribution in [-0.4, -0.2) is 16.3 Å². The molecule has 0 spiro atoms. The highest BCUT2D eigenvalue weighted by Gasteiger charge is 2.10. The number of rotatable bonds is 2. The molecule has 0 atom stereocenters. The zero-order chi connectivity index (χ0) is 13.0. The summed E-state index contributed by atoms with van der Waals surface area (Å²) in [5.41, 5.74) is 9.54. The summed E-state index contributed by atoms with van der Waals surface area (Å²) in [6.07, 6.45) is 0.718. The highest BCUT2D eigenvalue weighted by Crippen LogP contribution is 2.16. The third kappa shape index (κ3) is 2.44. The quantitative estimate of drug-likeness (QED) is 0.816. The summed E-state index contributed by atoms with van der Waals surface area (Å²) in [5.74, 6) is 6.23. The molecule has 1 aromatic carbocycles. The Bertz CT molecular complexity index is 585. The molecule has 2 N–H and O–H groups in total. The maximum atomic E-state index is 5.44. The molecule has 0 aliphatic heterocycles. The lowest BCUT2D eigenvalue weighted by Gasteiger charge is -2.03. The molecule has 0 saturated carbocycles. The van der Waals surface area contributed by atoms with Gasteiger partial charge in [-0.15, -0.1) is 0 Å². The number of aryl methyl sites for hydroxylation is 1. The molecule has 0 aliphatic carbocycles. The van der Waals surface area contributed by atoms with E-state index in [9.17, 15) is 0 Å². The fourth-order valence-corrected chi connectivity index (χ4v) is 1.87. The molecule has 0 amide bonds. The van der Waals surface area contributed by atoms with Crippen LogP contribution in [0.5, 0.6) is 0 Å². The molecule has 0 saturated heterocycles. The van der Waals surface area contributed by atoms with E-state index in [4.69, 9.17) is 5.73 Å². The first-order valence-electron chi connectivity index (χ1n) is 6.04. The number of benzene rings is 1. The molecular formula is C15H17N3. The molecule has 3 nitrogen and oxygen atoms in total. The van der Waals surface area contributed by atoms with Gasteiger partial charge in [-0.3, -0.25) is 0 Å². The van der Waals surface area contributed by atoms with Crippen molar-refractivity contribution < 1.29 is 0 Å². The van der Waals surface area contributed by atoms with Crippen molar-refractivity contribution >= 4 is 0 Å². The number of hydrogen-bond acceptors (Lipinski definition) is 2. The Labute approximate surface area is 108 Å². The van der Waals surface area contributed by atoms with Crippen molar-refractivity contribution in [2.75, 3.05) is 6.54 Å². The maximum Gasteiger partial charge on any atom is 0.0757 e. The Hall–Kier alpha value is -2.05. The predicted octanol–water partition coefficient (Wildman–Crippen LogP) is 2.19. The van der Waals surface area contributed by atoms with Gasteiger partial charge in [-0.1, -0.05) is 30.0 Å². The van der Waals surface area contributed by atoms with E-state index in [0.717, 1.165) is 29.1 Å². The topological polar surface area (TPSA) is 43.8 Å². The molecule has 2 aromatic rings. The first-order chi connectivity index (χ1) is 8.74. The van der Waals surface area contributed by atoms with Crippen LogP contribution in [0.3, 0.4) is 0 Å². The average Bonchev–Trinajstić information content (AvgIpc) is 2.68. The molecule has 0 fully saturated rings. The van der Waals surface area contributed by atoms with Gasteiger partial charge >= 0.3 is 0 Å². The number of nitrogens with two attached hydrogens (primary N) is 1. The van der Waals surface area contributed by atoms with Crippen molar-refractivity contribution in [3.63, 3.8) is 0 Å². The van der Waals surface area contributed by atoms with Crippen molar-refractivity contribution in [2.45, 2.75) is 20.3 Å². The number of hydrogen-bond donors (Lipinski definition) is 1. The summed E-state index contributed by atoms with van der Waals surface area (Å²) in [7, 11) is 0. The number of aromatic nitrogens is 2. The summed E-state index contributed by atoms with van der Waals surface area (Å²) >= 11 is 0. The SMILES string of the molecule is Cc1nn(-c2ccccc2)c(C)c1C#CCCN. The molecule has 3 heteroatoms. The zero-order valence-corrected chi connectivity index (χ0v) is 10.8. The van der Waals surface area contributed by atoms with Gasteiger partial charge in [0.05, 0.1) is 22.6 Å². The van der Waals surface area contributed by atoms with Crippen LogP contribution in [-0.2, 0) is 0 Å². The average molecular weight is 239 g/mol. The van der Waals surface area contributed by atoms with E-state index in [1.165, 1.54) is 0 Å². The van der Waals surface area contributed by atoms with Crippen molar-refractivity contribution in [3.8, 4) is 17.5 Å². The molecule has 1 heterocycles. The summed E-state index contributed by atoms with van der Waals surface area (Å²) in [6.45, 7) is 4.62. The molecule has 1 aromatic heterocycles. The Morgan fingerprint density at radius 3 is 2.61 bits per heavy atom. The van der Waals surface area contributed by atoms with Crippen molar-refractivity contribution in [1.29, 1.82) is 0 Å². The summed E-state index contributed by atoms with van der Waals surface area (Å²) < 4.78 is 1.93. The summed E-state index contributed by atoms with van der Waals surface area (Å²) in [5, 5.41) is 4.54. The van der Waals surface area contributed by atoms with Gasteiger partial charge in [-0.25, -0.2) is 4.68 Å². The van der Waals surface area contributed by atoms with Crippen LogP contribution in [0.1, 0.15) is 23.4 Å². The molecule has 18 heavy (non-hydrogen) atoms. The van der Waals surface area contributed by atoms with Gasteiger partial charge in [-0.2, -0.15) is 5.10 Å². The Morgan fingerprint density at radius 1 is 1.22 bits per heavy atom. The lowest BCUT2D eigenvalue weighted by Crippen LogP contribution is -1.98. The Balaban J connectivity index is 2.42. The van der Waals surface area contributed by atoms with Gasteiger partial charge in [0.1, 0.15) is 0 Å². The lowest BCUT2D eigenvalue weighted by molar-refractivity contribution is 0.833. The molecular weight excluding hydrogens is 222 g/mol. The van der Waals surface area contributed by atoms with E-state index < -0.39 is 0 Å². The van der Waals surface area contributed by atoms with Crippen molar-refractivity contribution in [3.05, 3.63) is 47.3 Å². The zero-order valence-electron chi connectivity index (χ0n) is 10.8. The van der Waals surface area contributed by atoms with Crippen LogP contribution in [0.2, 0.25) is 0 Å². The molecule has 92 valence electrons. The van der Waals surface area contributed by atoms with E-state index in [2.05, 4.69) is 16.9 Å². The van der Waals surface area contributed by atoms with Crippen LogP contribution in [0.15, 0.2) is 30.3 Å². The highest BCUT2D eigenvalue weighted by molar-refractivity contribution is 5.45. The van der Waals surface area contributed by atoms with Crippen molar-refractivity contribution in [2.24, 2.45) is 5.73 Å². The second-order valence-corrected chi connectivity index (χ2v) is 4.13. The van der Waals surface area contributed by atoms with Gasteiger partial charge in [-0.05, 0) is 26.0 Å². The number of nitrogens with zero attached hydrogens (tertiary/aromatic N) is 2. The van der Waals surface area contributed by atoms with Crippen LogP contribution in [0.25, 0.3) is 5.69 Å². The smallest absolute Gasteiger partial charge is 0.0757 e. The van der Waals surface area contributed by atoms with Crippen LogP contribution < -0.4 is 5.73 Å². The van der Waals surface area contributed by atoms with E-state index >= 15 is 0 Å². The minimum atomic E-state index is 0.595. The van der Waals surface area contributed by atoms with Crippen LogP contribution in [0.4, 0.5) is 0 Å². The van der Waals surface area contributed by atoms with Gasteiger partial charge in [0.2, 0.25) is 0 Å². The second-order valence-electron chi connectivity index (χ2n) is 4.13. The van der Waals surface area contributed by atoms with Crippen LogP contribution >= 0.6 is 0 Å². The largest absolute Gasteiger partial charge is 0.330 e. The predicted molar refractivity (Wildman–Crippen MR) is 73.6 cm³/mol. The van der Waals surface area contributed by atoms with Crippen molar-refractivity contribution in [1.82, 2.24) is 9.78 Å². The third-order valence-electron chi connectivity index (χ3n) is 2.77. The monoisotopic (exact) mass is 239 g/mol. The van der Waals surface area contributed by atoms with E-state index in [1.807, 2.05) is 48.9 Å². The minimum Gasteiger partial charge on any atom is -0.330 e. The minimum absolute atomic E-state index is 0.595. The van der Waals surface area contributed by atoms with Gasteiger partial charge in [0.15, 0.2) is 0 Å². The first kappa shape index (κ1) is 12.4. The molecule has 0 bridgehead atoms. The van der Waals surface area contributed by atoms with Gasteiger partial charge in [0.25, 0.3) is 0 Å². The van der Waals surface area contributed by atoms with E-state index in [0.29, 0.717) is 6.54 Å². The Kier molecular flexibility index (Phi) is 3.81. The van der Waals surface area contributed by atoms with E-state index in [1.54, 1.807) is 0 Å². The normalized spacial score (nSPS) is 9.94. The molecule has 0 radical (unpaired) electrons. The lowest BCUT2D eigenvalue weighted by atomic mass is 10.2. The summed E-state index contributed by atoms with van der Waals surface area (Å²) in [6, 6.07) is 10.1. The third-order valence-corrected chi connectivity index (χ3v) is 2.77. The molecule has 0 unspecified atom stereocenters. The fourth-order valence-electron chi connectivity index (χ4n) is 1.87. The standard InChI is InChI=1S/C15H17N3/c1-12-15(10-6-7-11-16)13(2)18(17-12)14-8-4-3-5-9-14/h3-5,8-9H,7,11,16H2,1-2H3.